The Morgan fingerprint density at radius 2 is 1.93 bits per heavy atom. The van der Waals surface area contributed by atoms with Crippen LogP contribution in [0.4, 0.5) is 0 Å². The first-order chi connectivity index (χ1) is 13.7. The summed E-state index contributed by atoms with van der Waals surface area (Å²) >= 11 is 0. The summed E-state index contributed by atoms with van der Waals surface area (Å²) in [6, 6.07) is 11.1. The van der Waals surface area contributed by atoms with Crippen LogP contribution in [0.2, 0.25) is 0 Å². The number of nitrogens with one attached hydrogen (secondary N) is 3. The molecule has 0 amide bonds. The summed E-state index contributed by atoms with van der Waals surface area (Å²) in [5.74, 6) is 1.17. The molecular weight excluding hydrogens is 386 g/mol. The van der Waals surface area contributed by atoms with Gasteiger partial charge in [-0.05, 0) is 53.3 Å². The van der Waals surface area contributed by atoms with Gasteiger partial charge in [-0.3, -0.25) is 0 Å². The molecule has 0 bridgehead atoms. The summed E-state index contributed by atoms with van der Waals surface area (Å²) in [4.78, 5) is 7.56. The molecular formula is C21H20N4OP2. The molecule has 0 saturated heterocycles. The number of imidazole rings is 1. The van der Waals surface area contributed by atoms with Gasteiger partial charge in [-0.15, -0.1) is 0 Å². The molecule has 0 spiro atoms. The minimum Gasteiger partial charge on any atom is -0.488 e. The molecule has 3 heterocycles. The normalized spacial score (nSPS) is 19.0. The first kappa shape index (κ1) is 16.6. The minimum atomic E-state index is 0.205. The molecule has 2 aliphatic heterocycles. The number of allylic oxidation sites excluding steroid dienone is 1. The monoisotopic (exact) mass is 406 g/mol. The number of nitrogens with zero attached hydrogens (tertiary/aromatic N) is 1. The van der Waals surface area contributed by atoms with Crippen molar-refractivity contribution in [2.45, 2.75) is 25.4 Å². The van der Waals surface area contributed by atoms with Crippen molar-refractivity contribution in [3.63, 3.8) is 0 Å². The second kappa shape index (κ2) is 6.07. The van der Waals surface area contributed by atoms with Gasteiger partial charge in [0.15, 0.2) is 0 Å². The van der Waals surface area contributed by atoms with E-state index < -0.39 is 0 Å². The van der Waals surface area contributed by atoms with Crippen molar-refractivity contribution in [3.8, 4) is 28.1 Å². The van der Waals surface area contributed by atoms with E-state index in [0.29, 0.717) is 6.61 Å². The molecule has 5 nitrogen and oxygen atoms in total. The van der Waals surface area contributed by atoms with Gasteiger partial charge in [0, 0.05) is 16.8 Å². The third kappa shape index (κ3) is 2.50. The number of aromatic amines is 1. The van der Waals surface area contributed by atoms with Crippen molar-refractivity contribution < 1.29 is 4.74 Å². The van der Waals surface area contributed by atoms with Gasteiger partial charge in [0.05, 0.1) is 17.6 Å². The molecule has 3 atom stereocenters. The van der Waals surface area contributed by atoms with Crippen molar-refractivity contribution in [1.29, 1.82) is 0 Å². The topological polar surface area (TPSA) is 62.0 Å². The highest BCUT2D eigenvalue weighted by atomic mass is 31.0. The molecule has 28 heavy (non-hydrogen) atoms. The molecule has 0 radical (unpaired) electrons. The first-order valence-corrected chi connectivity index (χ1v) is 10.7. The molecule has 3 aliphatic rings. The van der Waals surface area contributed by atoms with Crippen LogP contribution >= 0.6 is 18.5 Å². The van der Waals surface area contributed by atoms with Crippen LogP contribution in [-0.4, -0.2) is 15.9 Å². The quantitative estimate of drug-likeness (QED) is 0.544. The summed E-state index contributed by atoms with van der Waals surface area (Å²) < 4.78 is 6.18. The zero-order valence-electron chi connectivity index (χ0n) is 15.2. The van der Waals surface area contributed by atoms with E-state index in [4.69, 9.17) is 4.74 Å². The molecule has 3 unspecified atom stereocenters. The van der Waals surface area contributed by atoms with Crippen molar-refractivity contribution in [2.24, 2.45) is 0 Å². The number of H-pyrrole nitrogens is 1. The number of rotatable bonds is 1. The Morgan fingerprint density at radius 3 is 2.79 bits per heavy atom. The number of fused-ring (bicyclic) bond motifs is 5. The van der Waals surface area contributed by atoms with E-state index in [2.05, 4.69) is 69.4 Å². The minimum absolute atomic E-state index is 0.205. The van der Waals surface area contributed by atoms with Gasteiger partial charge in [0.1, 0.15) is 23.8 Å². The fourth-order valence-electron chi connectivity index (χ4n) is 4.41. The van der Waals surface area contributed by atoms with E-state index in [1.54, 1.807) is 0 Å². The van der Waals surface area contributed by atoms with Gasteiger partial charge >= 0.3 is 0 Å². The standard InChI is InChI=1S/C21H20N4OP2/c27-20-22-8-17(24-20)11-1-3-13-12(5-11)9-26-18-7-14-10(6-15(13)18)2-4-16-19(14)25-21(28)23-16/h1,3,5-8,21,23,25H,2,4,9,27-28H2,(H,22,24). The van der Waals surface area contributed by atoms with Crippen LogP contribution in [0.25, 0.3) is 28.1 Å². The molecule has 6 rings (SSSR count). The lowest BCUT2D eigenvalue weighted by Crippen LogP contribution is -2.25. The van der Waals surface area contributed by atoms with Crippen molar-refractivity contribution in [3.05, 3.63) is 58.9 Å². The van der Waals surface area contributed by atoms with Gasteiger partial charge in [-0.1, -0.05) is 30.6 Å². The predicted molar refractivity (Wildman–Crippen MR) is 118 cm³/mol. The second-order valence-electron chi connectivity index (χ2n) is 7.47. The molecule has 1 aliphatic carbocycles. The van der Waals surface area contributed by atoms with Gasteiger partial charge in [0.25, 0.3) is 0 Å². The summed E-state index contributed by atoms with van der Waals surface area (Å²) in [5.41, 5.74) is 11.9. The second-order valence-corrected chi connectivity index (χ2v) is 8.68. The van der Waals surface area contributed by atoms with Crippen LogP contribution in [-0.2, 0) is 13.0 Å². The number of benzene rings is 2. The van der Waals surface area contributed by atoms with E-state index in [1.807, 2.05) is 6.20 Å². The highest BCUT2D eigenvalue weighted by Gasteiger charge is 2.29. The van der Waals surface area contributed by atoms with Gasteiger partial charge < -0.3 is 20.4 Å². The summed E-state index contributed by atoms with van der Waals surface area (Å²) in [7, 11) is 5.39. The van der Waals surface area contributed by atoms with Crippen molar-refractivity contribution >= 4 is 29.7 Å². The largest absolute Gasteiger partial charge is 0.488 e. The number of hydrogen-bond donors (Lipinski definition) is 3. The zero-order chi connectivity index (χ0) is 18.8. The number of aromatic nitrogens is 2. The molecule has 3 aromatic rings. The maximum absolute atomic E-state index is 6.18. The van der Waals surface area contributed by atoms with E-state index in [9.17, 15) is 0 Å². The smallest absolute Gasteiger partial charge is 0.128 e. The maximum Gasteiger partial charge on any atom is 0.128 e. The number of aryl methyl sites for hydroxylation is 1. The Bertz CT molecular complexity index is 1170. The van der Waals surface area contributed by atoms with Crippen LogP contribution in [0.5, 0.6) is 5.75 Å². The number of ether oxygens (including phenoxy) is 1. The highest BCUT2D eigenvalue weighted by molar-refractivity contribution is 7.26. The molecule has 1 aromatic heterocycles. The van der Waals surface area contributed by atoms with E-state index >= 15 is 0 Å². The van der Waals surface area contributed by atoms with Crippen LogP contribution in [0.1, 0.15) is 23.1 Å². The summed E-state index contributed by atoms with van der Waals surface area (Å²) in [6.07, 6.45) is 3.96. The lowest BCUT2D eigenvalue weighted by Gasteiger charge is -2.26. The average molecular weight is 406 g/mol. The Kier molecular flexibility index (Phi) is 3.60. The predicted octanol–water partition coefficient (Wildman–Crippen LogP) is 3.10. The lowest BCUT2D eigenvalue weighted by atomic mass is 9.87. The highest BCUT2D eigenvalue weighted by Crippen LogP contribution is 2.44. The summed E-state index contributed by atoms with van der Waals surface area (Å²) in [5, 5.41) is 7.03. The van der Waals surface area contributed by atoms with Gasteiger partial charge in [-0.2, -0.15) is 0 Å². The van der Waals surface area contributed by atoms with Crippen LogP contribution in [0, 0.1) is 0 Å². The third-order valence-corrected chi connectivity index (χ3v) is 6.36. The molecule has 140 valence electrons. The molecule has 7 heteroatoms. The maximum atomic E-state index is 6.18. The van der Waals surface area contributed by atoms with Gasteiger partial charge in [-0.25, -0.2) is 4.98 Å². The van der Waals surface area contributed by atoms with Crippen molar-refractivity contribution in [1.82, 2.24) is 20.6 Å². The fraction of sp³-hybridized carbons (Fsp3) is 0.190. The SMILES string of the molecule is Pc1ncc(-c2ccc3c(c2)COc2cc4c(cc2-3)CCC2=C4NC(P)N2)[nH]1. The fourth-order valence-corrected chi connectivity index (χ4v) is 5.01. The van der Waals surface area contributed by atoms with Gasteiger partial charge in [0.2, 0.25) is 0 Å². The average Bonchev–Trinajstić information content (AvgIpc) is 3.31. The molecule has 2 aromatic carbocycles. The van der Waals surface area contributed by atoms with Crippen LogP contribution in [0.15, 0.2) is 42.2 Å². The van der Waals surface area contributed by atoms with Crippen molar-refractivity contribution in [2.75, 3.05) is 0 Å². The first-order valence-electron chi connectivity index (χ1n) is 9.42. The van der Waals surface area contributed by atoms with E-state index in [0.717, 1.165) is 35.4 Å². The number of hydrogen-bond acceptors (Lipinski definition) is 4. The Balaban J connectivity index is 1.44. The van der Waals surface area contributed by atoms with Crippen LogP contribution in [0.3, 0.4) is 0 Å². The Hall–Kier alpha value is -2.35. The Labute approximate surface area is 167 Å². The Morgan fingerprint density at radius 1 is 1.00 bits per heavy atom. The van der Waals surface area contributed by atoms with E-state index in [1.165, 1.54) is 39.2 Å². The molecule has 0 fully saturated rings. The summed E-state index contributed by atoms with van der Waals surface area (Å²) in [6.45, 7) is 0.584. The molecule has 0 saturated carbocycles. The van der Waals surface area contributed by atoms with Crippen LogP contribution < -0.4 is 20.9 Å². The van der Waals surface area contributed by atoms with E-state index in [-0.39, 0.29) is 5.91 Å². The third-order valence-electron chi connectivity index (χ3n) is 5.74. The zero-order valence-corrected chi connectivity index (χ0v) is 17.5. The molecule has 3 N–H and O–H groups in total. The lowest BCUT2D eigenvalue weighted by molar-refractivity contribution is 0.302.